The first kappa shape index (κ1) is 12.0. The zero-order valence-corrected chi connectivity index (χ0v) is 9.59. The molecule has 1 N–H and O–H groups in total. The molecule has 0 bridgehead atoms. The van der Waals surface area contributed by atoms with Crippen molar-refractivity contribution in [2.24, 2.45) is 5.92 Å². The van der Waals surface area contributed by atoms with Gasteiger partial charge in [-0.15, -0.1) is 0 Å². The molecule has 2 atom stereocenters. The number of methoxy groups -OCH3 is 1. The Morgan fingerprint density at radius 3 is 2.79 bits per heavy atom. The summed E-state index contributed by atoms with van der Waals surface area (Å²) < 4.78 is 5.09. The topological polar surface area (TPSA) is 29.5 Å². The van der Waals surface area contributed by atoms with E-state index in [1.807, 2.05) is 0 Å². The van der Waals surface area contributed by atoms with E-state index in [4.69, 9.17) is 4.74 Å². The predicted molar refractivity (Wildman–Crippen MR) is 58.3 cm³/mol. The number of hydrogen-bond donors (Lipinski definition) is 1. The zero-order chi connectivity index (χ0) is 10.4. The van der Waals surface area contributed by atoms with Crippen LogP contribution in [0, 0.1) is 5.92 Å². The van der Waals surface area contributed by atoms with E-state index in [1.54, 1.807) is 7.11 Å². The fourth-order valence-corrected chi connectivity index (χ4v) is 2.57. The summed E-state index contributed by atoms with van der Waals surface area (Å²) in [6, 6.07) is 0. The molecule has 0 radical (unpaired) electrons. The highest BCUT2D eigenvalue weighted by atomic mass is 16.5. The van der Waals surface area contributed by atoms with Gasteiger partial charge in [-0.2, -0.15) is 0 Å². The molecular formula is C12H24O2. The van der Waals surface area contributed by atoms with Gasteiger partial charge in [-0.25, -0.2) is 0 Å². The van der Waals surface area contributed by atoms with E-state index in [1.165, 1.54) is 25.7 Å². The molecule has 1 rings (SSSR count). The lowest BCUT2D eigenvalue weighted by atomic mass is 9.93. The Labute approximate surface area is 87.7 Å². The normalized spacial score (nSPS) is 34.1. The first-order valence-corrected chi connectivity index (χ1v) is 5.91. The van der Waals surface area contributed by atoms with E-state index in [9.17, 15) is 5.11 Å². The summed E-state index contributed by atoms with van der Waals surface area (Å²) in [5, 5.41) is 10.2. The van der Waals surface area contributed by atoms with Crippen LogP contribution in [-0.2, 0) is 4.74 Å². The molecule has 2 heteroatoms. The van der Waals surface area contributed by atoms with Crippen molar-refractivity contribution in [1.82, 2.24) is 0 Å². The molecule has 2 unspecified atom stereocenters. The van der Waals surface area contributed by atoms with Crippen LogP contribution < -0.4 is 0 Å². The van der Waals surface area contributed by atoms with Crippen LogP contribution in [0.4, 0.5) is 0 Å². The van der Waals surface area contributed by atoms with Crippen molar-refractivity contribution in [2.45, 2.75) is 57.5 Å². The van der Waals surface area contributed by atoms with Crippen molar-refractivity contribution in [3.05, 3.63) is 0 Å². The van der Waals surface area contributed by atoms with Gasteiger partial charge in [0, 0.05) is 7.11 Å². The van der Waals surface area contributed by atoms with Gasteiger partial charge in [0.2, 0.25) is 0 Å². The molecule has 2 nitrogen and oxygen atoms in total. The molecule has 0 amide bonds. The van der Waals surface area contributed by atoms with Crippen LogP contribution in [0.5, 0.6) is 0 Å². The van der Waals surface area contributed by atoms with Crippen molar-refractivity contribution >= 4 is 0 Å². The van der Waals surface area contributed by atoms with Crippen molar-refractivity contribution in [1.29, 1.82) is 0 Å². The van der Waals surface area contributed by atoms with Crippen LogP contribution in [0.25, 0.3) is 0 Å². The van der Waals surface area contributed by atoms with Crippen LogP contribution in [-0.4, -0.2) is 24.4 Å². The van der Waals surface area contributed by atoms with Gasteiger partial charge in [-0.3, -0.25) is 0 Å². The smallest absolute Gasteiger partial charge is 0.0880 e. The molecule has 0 aromatic rings. The summed E-state index contributed by atoms with van der Waals surface area (Å²) in [5.74, 6) is 0.839. The van der Waals surface area contributed by atoms with Crippen LogP contribution >= 0.6 is 0 Å². The summed E-state index contributed by atoms with van der Waals surface area (Å²) in [4.78, 5) is 0. The van der Waals surface area contributed by atoms with E-state index in [0.717, 1.165) is 25.2 Å². The Morgan fingerprint density at radius 1 is 1.36 bits per heavy atom. The number of ether oxygens (including phenoxy) is 1. The lowest BCUT2D eigenvalue weighted by Gasteiger charge is -2.25. The molecule has 14 heavy (non-hydrogen) atoms. The van der Waals surface area contributed by atoms with Crippen molar-refractivity contribution in [3.63, 3.8) is 0 Å². The van der Waals surface area contributed by atoms with E-state index in [2.05, 4.69) is 6.92 Å². The first-order valence-electron chi connectivity index (χ1n) is 5.91. The second-order valence-electron chi connectivity index (χ2n) is 4.74. The number of hydrogen-bond acceptors (Lipinski definition) is 2. The Balaban J connectivity index is 2.39. The number of aliphatic hydroxyl groups is 1. The lowest BCUT2D eigenvalue weighted by molar-refractivity contribution is -0.0421. The van der Waals surface area contributed by atoms with Crippen molar-refractivity contribution < 1.29 is 9.84 Å². The van der Waals surface area contributed by atoms with Gasteiger partial charge in [-0.1, -0.05) is 32.6 Å². The lowest BCUT2D eigenvalue weighted by Crippen LogP contribution is -2.33. The van der Waals surface area contributed by atoms with Gasteiger partial charge in [0.1, 0.15) is 0 Å². The molecule has 0 aliphatic heterocycles. The average Bonchev–Trinajstić information content (AvgIpc) is 2.30. The second kappa shape index (κ2) is 5.72. The standard InChI is InChI=1S/C12H24O2/c1-3-5-11-6-4-8-12(13,9-7-11)10-14-2/h11,13H,3-10H2,1-2H3. The quantitative estimate of drug-likeness (QED) is 0.707. The third kappa shape index (κ3) is 3.58. The minimum Gasteiger partial charge on any atom is -0.387 e. The fraction of sp³-hybridized carbons (Fsp3) is 1.00. The minimum absolute atomic E-state index is 0.506. The van der Waals surface area contributed by atoms with Crippen molar-refractivity contribution in [3.8, 4) is 0 Å². The highest BCUT2D eigenvalue weighted by Crippen LogP contribution is 2.32. The maximum absolute atomic E-state index is 10.2. The average molecular weight is 200 g/mol. The molecule has 1 saturated carbocycles. The Bertz CT molecular complexity index is 158. The summed E-state index contributed by atoms with van der Waals surface area (Å²) in [5.41, 5.74) is -0.531. The molecule has 1 aliphatic rings. The molecule has 0 saturated heterocycles. The largest absolute Gasteiger partial charge is 0.387 e. The first-order chi connectivity index (χ1) is 6.70. The third-order valence-corrected chi connectivity index (χ3v) is 3.38. The predicted octanol–water partition coefficient (Wildman–Crippen LogP) is 2.74. The molecular weight excluding hydrogens is 176 g/mol. The van der Waals surface area contributed by atoms with Crippen molar-refractivity contribution in [2.75, 3.05) is 13.7 Å². The second-order valence-corrected chi connectivity index (χ2v) is 4.74. The van der Waals surface area contributed by atoms with Gasteiger partial charge in [0.15, 0.2) is 0 Å². The highest BCUT2D eigenvalue weighted by Gasteiger charge is 2.30. The van der Waals surface area contributed by atoms with Gasteiger partial charge < -0.3 is 9.84 Å². The van der Waals surface area contributed by atoms with Crippen LogP contribution in [0.3, 0.4) is 0 Å². The zero-order valence-electron chi connectivity index (χ0n) is 9.59. The summed E-state index contributed by atoms with van der Waals surface area (Å²) in [7, 11) is 1.67. The van der Waals surface area contributed by atoms with Gasteiger partial charge in [0.05, 0.1) is 12.2 Å². The molecule has 0 heterocycles. The summed E-state index contributed by atoms with van der Waals surface area (Å²) >= 11 is 0. The maximum atomic E-state index is 10.2. The molecule has 1 aliphatic carbocycles. The van der Waals surface area contributed by atoms with Gasteiger partial charge >= 0.3 is 0 Å². The third-order valence-electron chi connectivity index (χ3n) is 3.38. The van der Waals surface area contributed by atoms with Crippen LogP contribution in [0.2, 0.25) is 0 Å². The summed E-state index contributed by atoms with van der Waals surface area (Å²) in [6.07, 6.45) is 8.06. The van der Waals surface area contributed by atoms with E-state index < -0.39 is 5.60 Å². The minimum atomic E-state index is -0.531. The van der Waals surface area contributed by atoms with E-state index >= 15 is 0 Å². The fourth-order valence-electron chi connectivity index (χ4n) is 2.57. The summed E-state index contributed by atoms with van der Waals surface area (Å²) in [6.45, 7) is 2.75. The molecule has 84 valence electrons. The van der Waals surface area contributed by atoms with E-state index in [0.29, 0.717) is 6.61 Å². The van der Waals surface area contributed by atoms with Crippen LogP contribution in [0.15, 0.2) is 0 Å². The van der Waals surface area contributed by atoms with Gasteiger partial charge in [0.25, 0.3) is 0 Å². The Hall–Kier alpha value is -0.0800. The van der Waals surface area contributed by atoms with Crippen LogP contribution in [0.1, 0.15) is 51.9 Å². The molecule has 0 spiro atoms. The van der Waals surface area contributed by atoms with Gasteiger partial charge in [-0.05, 0) is 25.2 Å². The maximum Gasteiger partial charge on any atom is 0.0880 e. The monoisotopic (exact) mass is 200 g/mol. The SMILES string of the molecule is CCCC1CCCC(O)(COC)CC1. The highest BCUT2D eigenvalue weighted by molar-refractivity contribution is 4.82. The Morgan fingerprint density at radius 2 is 2.14 bits per heavy atom. The molecule has 0 aromatic carbocycles. The number of rotatable bonds is 4. The Kier molecular flexibility index (Phi) is 4.90. The molecule has 0 aromatic heterocycles. The van der Waals surface area contributed by atoms with E-state index in [-0.39, 0.29) is 0 Å². The molecule has 1 fully saturated rings.